The number of sulfonamides is 1. The number of rotatable bonds is 6. The number of benzene rings is 1. The van der Waals surface area contributed by atoms with Gasteiger partial charge in [0.05, 0.1) is 9.37 Å². The van der Waals surface area contributed by atoms with E-state index in [4.69, 9.17) is 0 Å². The number of nitrogens with one attached hydrogen (secondary N) is 2. The molecule has 0 amide bonds. The van der Waals surface area contributed by atoms with Crippen molar-refractivity contribution in [2.75, 3.05) is 39.3 Å². The van der Waals surface area contributed by atoms with E-state index in [1.165, 1.54) is 12.1 Å². The summed E-state index contributed by atoms with van der Waals surface area (Å²) in [6.07, 6.45) is 0.752. The molecule has 0 spiro atoms. The molecule has 0 aliphatic carbocycles. The van der Waals surface area contributed by atoms with Crippen molar-refractivity contribution in [1.29, 1.82) is 0 Å². The van der Waals surface area contributed by atoms with Crippen LogP contribution in [0.25, 0.3) is 0 Å². The van der Waals surface area contributed by atoms with Crippen molar-refractivity contribution in [3.63, 3.8) is 0 Å². The monoisotopic (exact) mass is 451 g/mol. The van der Waals surface area contributed by atoms with Gasteiger partial charge in [0.1, 0.15) is 5.82 Å². The molecule has 2 rings (SSSR count). The highest BCUT2D eigenvalue weighted by atomic mass is 79.9. The molecule has 0 radical (unpaired) electrons. The Balaban J connectivity index is 0.00000242. The first-order valence-corrected chi connectivity index (χ1v) is 9.14. The van der Waals surface area contributed by atoms with Crippen molar-refractivity contribution in [2.24, 2.45) is 0 Å². The van der Waals surface area contributed by atoms with Crippen LogP contribution in [0.15, 0.2) is 27.6 Å². The Morgan fingerprint density at radius 2 is 1.91 bits per heavy atom. The fraction of sp³-hybridized carbons (Fsp3) is 0.538. The van der Waals surface area contributed by atoms with Crippen LogP contribution in [0.5, 0.6) is 0 Å². The molecular weight excluding hydrogens is 432 g/mol. The summed E-state index contributed by atoms with van der Waals surface area (Å²) in [5.41, 5.74) is 0. The van der Waals surface area contributed by atoms with Crippen LogP contribution in [-0.2, 0) is 10.0 Å². The summed E-state index contributed by atoms with van der Waals surface area (Å²) in [6.45, 7) is 5.21. The van der Waals surface area contributed by atoms with E-state index in [1.54, 1.807) is 0 Å². The lowest BCUT2D eigenvalue weighted by Gasteiger charge is -2.27. The smallest absolute Gasteiger partial charge is 0.240 e. The first-order chi connectivity index (χ1) is 9.99. The highest BCUT2D eigenvalue weighted by Gasteiger charge is 2.15. The summed E-state index contributed by atoms with van der Waals surface area (Å²) >= 11 is 2.99. The van der Waals surface area contributed by atoms with Crippen molar-refractivity contribution in [2.45, 2.75) is 11.3 Å². The van der Waals surface area contributed by atoms with Crippen molar-refractivity contribution in [1.82, 2.24) is 14.9 Å². The van der Waals surface area contributed by atoms with E-state index >= 15 is 0 Å². The fourth-order valence-corrected chi connectivity index (χ4v) is 3.80. The lowest BCUT2D eigenvalue weighted by Crippen LogP contribution is -2.44. The molecule has 1 aromatic carbocycles. The molecule has 0 aromatic heterocycles. The van der Waals surface area contributed by atoms with Crippen molar-refractivity contribution < 1.29 is 12.8 Å². The summed E-state index contributed by atoms with van der Waals surface area (Å²) in [5.74, 6) is -0.479. The summed E-state index contributed by atoms with van der Waals surface area (Å²) in [5, 5.41) is 3.27. The normalized spacial score (nSPS) is 15.6. The lowest BCUT2D eigenvalue weighted by atomic mass is 10.3. The van der Waals surface area contributed by atoms with Gasteiger partial charge in [-0.05, 0) is 47.1 Å². The van der Waals surface area contributed by atoms with Gasteiger partial charge in [0.25, 0.3) is 0 Å². The SMILES string of the molecule is Cl.Cl.O=S(=O)(NCCCN1CCNCC1)c1ccc(F)c(Br)c1. The predicted octanol–water partition coefficient (Wildman–Crippen LogP) is 2.01. The average molecular weight is 453 g/mol. The van der Waals surface area contributed by atoms with Crippen LogP contribution in [-0.4, -0.2) is 52.6 Å². The Kier molecular flexibility index (Phi) is 10.8. The first kappa shape index (κ1) is 23.0. The number of nitrogens with zero attached hydrogens (tertiary/aromatic N) is 1. The average Bonchev–Trinajstić information content (AvgIpc) is 2.47. The summed E-state index contributed by atoms with van der Waals surface area (Å²) < 4.78 is 40.0. The zero-order chi connectivity index (χ0) is 15.3. The van der Waals surface area contributed by atoms with Gasteiger partial charge in [0.2, 0.25) is 10.0 Å². The van der Waals surface area contributed by atoms with Gasteiger partial charge in [-0.15, -0.1) is 24.8 Å². The van der Waals surface area contributed by atoms with Gasteiger partial charge in [0, 0.05) is 32.7 Å². The standard InChI is InChI=1S/C13H19BrFN3O2S.2ClH/c14-12-10-11(2-3-13(12)15)21(19,20)17-4-1-7-18-8-5-16-6-9-18;;/h2-3,10,16-17H,1,4-9H2;2*1H. The molecule has 1 aromatic rings. The molecule has 134 valence electrons. The third-order valence-electron chi connectivity index (χ3n) is 3.35. The number of hydrogen-bond donors (Lipinski definition) is 2. The van der Waals surface area contributed by atoms with Gasteiger partial charge in [-0.2, -0.15) is 0 Å². The highest BCUT2D eigenvalue weighted by Crippen LogP contribution is 2.19. The molecule has 10 heteroatoms. The molecule has 0 atom stereocenters. The van der Waals surface area contributed by atoms with E-state index in [1.807, 2.05) is 0 Å². The fourth-order valence-electron chi connectivity index (χ4n) is 2.17. The van der Waals surface area contributed by atoms with E-state index in [9.17, 15) is 12.8 Å². The van der Waals surface area contributed by atoms with Gasteiger partial charge < -0.3 is 10.2 Å². The van der Waals surface area contributed by atoms with Gasteiger partial charge in [0.15, 0.2) is 0 Å². The maximum atomic E-state index is 13.1. The molecule has 2 N–H and O–H groups in total. The Bertz CT molecular complexity index is 587. The molecule has 1 fully saturated rings. The van der Waals surface area contributed by atoms with Gasteiger partial charge >= 0.3 is 0 Å². The molecular formula is C13H21BrCl2FN3O2S. The number of hydrogen-bond acceptors (Lipinski definition) is 4. The topological polar surface area (TPSA) is 61.4 Å². The molecule has 0 unspecified atom stereocenters. The number of piperazine rings is 1. The second-order valence-corrected chi connectivity index (χ2v) is 7.54. The molecule has 23 heavy (non-hydrogen) atoms. The Labute approximate surface area is 157 Å². The molecule has 0 saturated carbocycles. The van der Waals surface area contributed by atoms with Crippen LogP contribution < -0.4 is 10.0 Å². The Hall–Kier alpha value is 0.0400. The van der Waals surface area contributed by atoms with Crippen LogP contribution in [0.4, 0.5) is 4.39 Å². The first-order valence-electron chi connectivity index (χ1n) is 6.87. The molecule has 1 heterocycles. The summed E-state index contributed by atoms with van der Waals surface area (Å²) in [6, 6.07) is 3.67. The maximum absolute atomic E-state index is 13.1. The van der Waals surface area contributed by atoms with Crippen LogP contribution in [0, 0.1) is 5.82 Å². The minimum absolute atomic E-state index is 0. The quantitative estimate of drug-likeness (QED) is 0.648. The third-order valence-corrected chi connectivity index (χ3v) is 5.42. The molecule has 0 bridgehead atoms. The Morgan fingerprint density at radius 1 is 1.26 bits per heavy atom. The van der Waals surface area contributed by atoms with Crippen LogP contribution in [0.3, 0.4) is 0 Å². The van der Waals surface area contributed by atoms with Crippen molar-refractivity contribution >= 4 is 50.8 Å². The van der Waals surface area contributed by atoms with E-state index in [0.717, 1.165) is 45.2 Å². The second kappa shape index (κ2) is 10.8. The number of halogens is 4. The van der Waals surface area contributed by atoms with E-state index in [-0.39, 0.29) is 34.2 Å². The Morgan fingerprint density at radius 3 is 2.52 bits per heavy atom. The summed E-state index contributed by atoms with van der Waals surface area (Å²) in [4.78, 5) is 2.37. The van der Waals surface area contributed by atoms with Crippen LogP contribution in [0.1, 0.15) is 6.42 Å². The summed E-state index contributed by atoms with van der Waals surface area (Å²) in [7, 11) is -3.58. The highest BCUT2D eigenvalue weighted by molar-refractivity contribution is 9.10. The van der Waals surface area contributed by atoms with Crippen LogP contribution in [0.2, 0.25) is 0 Å². The second-order valence-electron chi connectivity index (χ2n) is 4.92. The van der Waals surface area contributed by atoms with Gasteiger partial charge in [-0.3, -0.25) is 0 Å². The molecule has 1 aliphatic heterocycles. The predicted molar refractivity (Wildman–Crippen MR) is 97.7 cm³/mol. The third kappa shape index (κ3) is 7.21. The largest absolute Gasteiger partial charge is 0.314 e. The minimum atomic E-state index is -3.58. The maximum Gasteiger partial charge on any atom is 0.240 e. The molecule has 5 nitrogen and oxygen atoms in total. The van der Waals surface area contributed by atoms with Gasteiger partial charge in [-0.1, -0.05) is 0 Å². The van der Waals surface area contributed by atoms with Gasteiger partial charge in [-0.25, -0.2) is 17.5 Å². The van der Waals surface area contributed by atoms with Crippen LogP contribution >= 0.6 is 40.7 Å². The molecule has 1 saturated heterocycles. The van der Waals surface area contributed by atoms with Crippen molar-refractivity contribution in [3.8, 4) is 0 Å². The minimum Gasteiger partial charge on any atom is -0.314 e. The lowest BCUT2D eigenvalue weighted by molar-refractivity contribution is 0.239. The van der Waals surface area contributed by atoms with E-state index in [0.29, 0.717) is 6.54 Å². The zero-order valence-electron chi connectivity index (χ0n) is 12.4. The molecule has 1 aliphatic rings. The van der Waals surface area contributed by atoms with Crippen molar-refractivity contribution in [3.05, 3.63) is 28.5 Å². The van der Waals surface area contributed by atoms with E-state index in [2.05, 4.69) is 30.9 Å². The zero-order valence-corrected chi connectivity index (χ0v) is 16.5. The van der Waals surface area contributed by atoms with E-state index < -0.39 is 15.8 Å².